The van der Waals surface area contributed by atoms with Crippen LogP contribution >= 0.6 is 11.8 Å². The zero-order valence-electron chi connectivity index (χ0n) is 13.2. The molecule has 0 aromatic rings. The van der Waals surface area contributed by atoms with Crippen LogP contribution in [0.5, 0.6) is 0 Å². The second-order valence-corrected chi connectivity index (χ2v) is 6.57. The minimum absolute atomic E-state index is 0.159. The molecule has 1 unspecified atom stereocenters. The maximum Gasteiger partial charge on any atom is 0.303 e. The predicted octanol–water partition coefficient (Wildman–Crippen LogP) is 1.91. The molecular formula is C14H24O6S. The van der Waals surface area contributed by atoms with Crippen LogP contribution in [-0.2, 0) is 28.5 Å². The maximum atomic E-state index is 11.4. The topological polar surface area (TPSA) is 63.2 Å². The summed E-state index contributed by atoms with van der Waals surface area (Å²) >= 11 is 1.59. The molecule has 0 aromatic heterocycles. The number of carbonyl (C=O) groups excluding carboxylic acids is 1. The lowest BCUT2D eigenvalue weighted by atomic mass is 10.0. The molecule has 7 heteroatoms. The number of ether oxygens (including phenoxy) is 5. The lowest BCUT2D eigenvalue weighted by Crippen LogP contribution is -2.55. The summed E-state index contributed by atoms with van der Waals surface area (Å²) in [5.74, 6) is -0.616. The smallest absolute Gasteiger partial charge is 0.303 e. The highest BCUT2D eigenvalue weighted by molar-refractivity contribution is 7.99. The Hall–Kier alpha value is -0.340. The molecule has 0 saturated carbocycles. The molecule has 0 aromatic carbocycles. The average molecular weight is 320 g/mol. The lowest BCUT2D eigenvalue weighted by molar-refractivity contribution is -0.330. The average Bonchev–Trinajstić information content (AvgIpc) is 2.73. The van der Waals surface area contributed by atoms with Gasteiger partial charge in [-0.05, 0) is 19.6 Å². The summed E-state index contributed by atoms with van der Waals surface area (Å²) in [6.07, 6.45) is -1.37. The standard InChI is InChI=1S/C14H24O6S/c1-6-16-14(5)19-10-8(3)17-13(21-7-2)12(11(10)20-14)18-9(4)15/h8,10-13H,6-7H2,1-5H3/t8-,10+,11+,12-,13+,14?/m0/s1. The van der Waals surface area contributed by atoms with E-state index in [4.69, 9.17) is 23.7 Å². The van der Waals surface area contributed by atoms with Gasteiger partial charge in [-0.3, -0.25) is 4.79 Å². The summed E-state index contributed by atoms with van der Waals surface area (Å²) in [6.45, 7) is 9.43. The molecule has 0 spiro atoms. The minimum Gasteiger partial charge on any atom is -0.456 e. The first-order valence-electron chi connectivity index (χ1n) is 7.34. The Balaban J connectivity index is 2.20. The van der Waals surface area contributed by atoms with Crippen LogP contribution in [0.25, 0.3) is 0 Å². The predicted molar refractivity (Wildman–Crippen MR) is 77.8 cm³/mol. The molecule has 6 atom stereocenters. The Labute approximate surface area is 129 Å². The van der Waals surface area contributed by atoms with Gasteiger partial charge in [-0.2, -0.15) is 0 Å². The van der Waals surface area contributed by atoms with Crippen molar-refractivity contribution in [1.29, 1.82) is 0 Å². The van der Waals surface area contributed by atoms with Crippen molar-refractivity contribution in [2.24, 2.45) is 0 Å². The molecule has 0 radical (unpaired) electrons. The molecule has 2 aliphatic rings. The van der Waals surface area contributed by atoms with Gasteiger partial charge in [0.15, 0.2) is 6.10 Å². The van der Waals surface area contributed by atoms with E-state index in [0.717, 1.165) is 5.75 Å². The van der Waals surface area contributed by atoms with Crippen LogP contribution in [-0.4, -0.2) is 54.2 Å². The van der Waals surface area contributed by atoms with Crippen molar-refractivity contribution >= 4 is 17.7 Å². The monoisotopic (exact) mass is 320 g/mol. The number of hydrogen-bond acceptors (Lipinski definition) is 7. The van der Waals surface area contributed by atoms with Gasteiger partial charge in [0.1, 0.15) is 17.6 Å². The number of rotatable bonds is 5. The third kappa shape index (κ3) is 3.71. The van der Waals surface area contributed by atoms with Crippen LogP contribution in [0, 0.1) is 0 Å². The van der Waals surface area contributed by atoms with Crippen molar-refractivity contribution < 1.29 is 28.5 Å². The van der Waals surface area contributed by atoms with Crippen LogP contribution < -0.4 is 0 Å². The van der Waals surface area contributed by atoms with Gasteiger partial charge in [-0.25, -0.2) is 0 Å². The molecule has 0 bridgehead atoms. The van der Waals surface area contributed by atoms with E-state index in [1.165, 1.54) is 6.92 Å². The fourth-order valence-electron chi connectivity index (χ4n) is 2.74. The van der Waals surface area contributed by atoms with Gasteiger partial charge < -0.3 is 23.7 Å². The normalized spacial score (nSPS) is 42.6. The fourth-order valence-corrected chi connectivity index (χ4v) is 3.72. The highest BCUT2D eigenvalue weighted by atomic mass is 32.2. The second kappa shape index (κ2) is 6.83. The second-order valence-electron chi connectivity index (χ2n) is 5.20. The molecule has 2 rings (SSSR count). The highest BCUT2D eigenvalue weighted by Gasteiger charge is 2.57. The van der Waals surface area contributed by atoms with Gasteiger partial charge in [0.25, 0.3) is 5.97 Å². The van der Waals surface area contributed by atoms with E-state index in [2.05, 4.69) is 0 Å². The van der Waals surface area contributed by atoms with E-state index in [1.807, 2.05) is 20.8 Å². The fraction of sp³-hybridized carbons (Fsp3) is 0.929. The minimum atomic E-state index is -1.12. The summed E-state index contributed by atoms with van der Waals surface area (Å²) in [5, 5.41) is 0. The number of carbonyl (C=O) groups is 1. The Morgan fingerprint density at radius 1 is 1.29 bits per heavy atom. The van der Waals surface area contributed by atoms with Gasteiger partial charge in [-0.15, -0.1) is 11.8 Å². The largest absolute Gasteiger partial charge is 0.456 e. The summed E-state index contributed by atoms with van der Waals surface area (Å²) in [4.78, 5) is 11.4. The zero-order chi connectivity index (χ0) is 15.6. The molecular weight excluding hydrogens is 296 g/mol. The quantitative estimate of drug-likeness (QED) is 0.717. The van der Waals surface area contributed by atoms with Crippen molar-refractivity contribution in [3.63, 3.8) is 0 Å². The first kappa shape index (κ1) is 17.0. The first-order valence-corrected chi connectivity index (χ1v) is 8.39. The van der Waals surface area contributed by atoms with E-state index in [-0.39, 0.29) is 23.6 Å². The SMILES string of the molecule is CCOC1(C)O[C@@H]2[C@H](O1)[C@H](C)O[C@H](SCC)[C@H]2OC(C)=O. The molecule has 21 heavy (non-hydrogen) atoms. The first-order chi connectivity index (χ1) is 9.90. The van der Waals surface area contributed by atoms with Crippen LogP contribution in [0.3, 0.4) is 0 Å². The molecule has 0 N–H and O–H groups in total. The third-order valence-corrected chi connectivity index (χ3v) is 4.51. The lowest BCUT2D eigenvalue weighted by Gasteiger charge is -2.39. The molecule has 0 aliphatic carbocycles. The molecule has 2 heterocycles. The van der Waals surface area contributed by atoms with Gasteiger partial charge in [0, 0.05) is 20.5 Å². The summed E-state index contributed by atoms with van der Waals surface area (Å²) in [7, 11) is 0. The van der Waals surface area contributed by atoms with Gasteiger partial charge in [-0.1, -0.05) is 6.92 Å². The third-order valence-electron chi connectivity index (χ3n) is 3.47. The molecule has 0 amide bonds. The Kier molecular flexibility index (Phi) is 5.54. The van der Waals surface area contributed by atoms with Crippen LogP contribution in [0.1, 0.15) is 34.6 Å². The molecule has 2 saturated heterocycles. The van der Waals surface area contributed by atoms with E-state index < -0.39 is 18.2 Å². The van der Waals surface area contributed by atoms with Crippen molar-refractivity contribution in [3.05, 3.63) is 0 Å². The highest BCUT2D eigenvalue weighted by Crippen LogP contribution is 2.41. The van der Waals surface area contributed by atoms with Crippen molar-refractivity contribution in [2.45, 2.75) is 70.4 Å². The Morgan fingerprint density at radius 3 is 2.52 bits per heavy atom. The molecule has 6 nitrogen and oxygen atoms in total. The van der Waals surface area contributed by atoms with Gasteiger partial charge in [0.05, 0.1) is 6.10 Å². The zero-order valence-corrected chi connectivity index (χ0v) is 14.0. The van der Waals surface area contributed by atoms with E-state index in [9.17, 15) is 4.79 Å². The number of esters is 1. The van der Waals surface area contributed by atoms with Crippen molar-refractivity contribution in [2.75, 3.05) is 12.4 Å². The Bertz CT molecular complexity index is 378. The van der Waals surface area contributed by atoms with E-state index in [1.54, 1.807) is 18.7 Å². The van der Waals surface area contributed by atoms with Crippen molar-refractivity contribution in [3.8, 4) is 0 Å². The number of fused-ring (bicyclic) bond motifs is 1. The summed E-state index contributed by atoms with van der Waals surface area (Å²) in [6, 6.07) is 0. The van der Waals surface area contributed by atoms with Gasteiger partial charge in [0.2, 0.25) is 0 Å². The van der Waals surface area contributed by atoms with Crippen LogP contribution in [0.2, 0.25) is 0 Å². The van der Waals surface area contributed by atoms with Crippen LogP contribution in [0.4, 0.5) is 0 Å². The summed E-state index contributed by atoms with van der Waals surface area (Å²) in [5.41, 5.74) is -0.261. The number of hydrogen-bond donors (Lipinski definition) is 0. The summed E-state index contributed by atoms with van der Waals surface area (Å²) < 4.78 is 28.7. The van der Waals surface area contributed by atoms with Crippen LogP contribution in [0.15, 0.2) is 0 Å². The molecule has 2 aliphatic heterocycles. The van der Waals surface area contributed by atoms with Crippen molar-refractivity contribution in [1.82, 2.24) is 0 Å². The molecule has 122 valence electrons. The van der Waals surface area contributed by atoms with E-state index >= 15 is 0 Å². The Morgan fingerprint density at radius 2 is 1.95 bits per heavy atom. The number of thioether (sulfide) groups is 1. The molecule has 2 fully saturated rings. The maximum absolute atomic E-state index is 11.4. The van der Waals surface area contributed by atoms with Gasteiger partial charge >= 0.3 is 5.97 Å². The van der Waals surface area contributed by atoms with E-state index in [0.29, 0.717) is 6.61 Å².